The van der Waals surface area contributed by atoms with Gasteiger partial charge in [-0.2, -0.15) is 0 Å². The molecule has 0 unspecified atom stereocenters. The average Bonchev–Trinajstić information content (AvgIpc) is 1.80. The quantitative estimate of drug-likeness (QED) is 0.628. The molecule has 9 heavy (non-hydrogen) atoms. The van der Waals surface area contributed by atoms with E-state index in [1.807, 2.05) is 0 Å². The molecule has 1 rings (SSSR count). The molecule has 0 fully saturated rings. The minimum atomic E-state index is 0.0649. The summed E-state index contributed by atoms with van der Waals surface area (Å²) in [6, 6.07) is 0. The van der Waals surface area contributed by atoms with Crippen LogP contribution >= 0.6 is 0 Å². The maximum absolute atomic E-state index is 3.30. The Morgan fingerprint density at radius 2 is 2.00 bits per heavy atom. The number of nitrogens with one attached hydrogen (secondary N) is 1. The normalized spacial score (nSPS) is 19.2. The third-order valence-corrected chi connectivity index (χ3v) is 4.55. The van der Waals surface area contributed by atoms with E-state index in [0.29, 0.717) is 0 Å². The summed E-state index contributed by atoms with van der Waals surface area (Å²) in [6.45, 7) is 6.49. The van der Waals surface area contributed by atoms with E-state index >= 15 is 0 Å². The molecule has 0 aliphatic carbocycles. The van der Waals surface area contributed by atoms with Gasteiger partial charge in [-0.1, -0.05) is 0 Å². The zero-order chi connectivity index (χ0) is 6.85. The van der Waals surface area contributed by atoms with Crippen molar-refractivity contribution in [2.45, 2.75) is 20.8 Å². The first-order chi connectivity index (χ1) is 4.20. The van der Waals surface area contributed by atoms with Gasteiger partial charge in [0.15, 0.2) is 0 Å². The second-order valence-electron chi connectivity index (χ2n) is 2.22. The first-order valence-electron chi connectivity index (χ1n) is 2.98. The topological polar surface area (TPSA) is 12.0 Å². The van der Waals surface area contributed by atoms with E-state index in [9.17, 15) is 0 Å². The van der Waals surface area contributed by atoms with E-state index in [1.54, 1.807) is 3.62 Å². The molecule has 1 aliphatic rings. The fraction of sp³-hybridized carbons (Fsp3) is 0.429. The van der Waals surface area contributed by atoms with Crippen LogP contribution in [0.5, 0.6) is 0 Å². The molecule has 1 aliphatic heterocycles. The molecule has 1 N–H and O–H groups in total. The second-order valence-corrected chi connectivity index (χ2v) is 5.32. The summed E-state index contributed by atoms with van der Waals surface area (Å²) in [6.07, 6.45) is 0. The molecule has 0 atom stereocenters. The van der Waals surface area contributed by atoms with E-state index in [4.69, 9.17) is 0 Å². The Hall–Kier alpha value is 0.0696. The van der Waals surface area contributed by atoms with E-state index in [2.05, 4.69) is 30.2 Å². The van der Waals surface area contributed by atoms with Gasteiger partial charge in [0.05, 0.1) is 0 Å². The minimum absolute atomic E-state index is 0.0649. The van der Waals surface area contributed by atoms with Crippen molar-refractivity contribution in [3.8, 4) is 0 Å². The second kappa shape index (κ2) is 2.77. The van der Waals surface area contributed by atoms with Crippen molar-refractivity contribution in [2.24, 2.45) is 0 Å². The molecule has 0 bridgehead atoms. The first-order valence-corrected chi connectivity index (χ1v) is 5.49. The summed E-state index contributed by atoms with van der Waals surface area (Å²) in [5, 5.41) is 3.30. The molecule has 0 aromatic heterocycles. The Bertz CT molecular complexity index is 179. The third-order valence-electron chi connectivity index (χ3n) is 1.33. The van der Waals surface area contributed by atoms with Gasteiger partial charge in [0.25, 0.3) is 0 Å². The van der Waals surface area contributed by atoms with E-state index < -0.39 is 0 Å². The molecule has 0 amide bonds. The van der Waals surface area contributed by atoms with Crippen LogP contribution in [0.3, 0.4) is 0 Å². The number of rotatable bonds is 0. The molecule has 0 radical (unpaired) electrons. The van der Waals surface area contributed by atoms with Gasteiger partial charge in [-0.25, -0.2) is 0 Å². The van der Waals surface area contributed by atoms with Gasteiger partial charge < -0.3 is 0 Å². The van der Waals surface area contributed by atoms with Gasteiger partial charge in [-0.05, 0) is 0 Å². The zero-order valence-electron chi connectivity index (χ0n) is 5.99. The predicted octanol–water partition coefficient (Wildman–Crippen LogP) is 1.41. The van der Waals surface area contributed by atoms with Gasteiger partial charge in [0, 0.05) is 0 Å². The SMILES string of the molecule is CC1=C[Te]C(C)=C(C)N1. The molecule has 0 spiro atoms. The Morgan fingerprint density at radius 3 is 2.44 bits per heavy atom. The zero-order valence-corrected chi connectivity index (χ0v) is 8.32. The van der Waals surface area contributed by atoms with Gasteiger partial charge in [0.1, 0.15) is 0 Å². The summed E-state index contributed by atoms with van der Waals surface area (Å²) in [7, 11) is 0. The van der Waals surface area contributed by atoms with Crippen molar-refractivity contribution in [1.29, 1.82) is 0 Å². The Labute approximate surface area is 66.3 Å². The van der Waals surface area contributed by atoms with Crippen LogP contribution in [0, 0.1) is 0 Å². The van der Waals surface area contributed by atoms with Crippen LogP contribution in [0.1, 0.15) is 20.8 Å². The van der Waals surface area contributed by atoms with Crippen LogP contribution in [0.25, 0.3) is 0 Å². The third kappa shape index (κ3) is 1.74. The monoisotopic (exact) mass is 239 g/mol. The fourth-order valence-electron chi connectivity index (χ4n) is 0.678. The molecular weight excluding hydrogens is 226 g/mol. The summed E-state index contributed by atoms with van der Waals surface area (Å²) in [5.41, 5.74) is 2.71. The molecule has 2 heteroatoms. The summed E-state index contributed by atoms with van der Waals surface area (Å²) in [5.74, 6) is 0. The van der Waals surface area contributed by atoms with Crippen LogP contribution in [-0.2, 0) is 0 Å². The number of hydrogen-bond acceptors (Lipinski definition) is 1. The van der Waals surface area contributed by atoms with Crippen molar-refractivity contribution < 1.29 is 0 Å². The van der Waals surface area contributed by atoms with Crippen LogP contribution in [-0.4, -0.2) is 20.9 Å². The fourth-order valence-corrected chi connectivity index (χ4v) is 2.51. The van der Waals surface area contributed by atoms with Gasteiger partial charge in [0.2, 0.25) is 0 Å². The number of allylic oxidation sites excluding steroid dienone is 3. The standard InChI is InChI=1S/C7H11NTe/c1-5-4-9-7(3)6(2)8-5/h4,8H,1-3H3. The predicted molar refractivity (Wildman–Crippen MR) is 41.0 cm³/mol. The van der Waals surface area contributed by atoms with Crippen molar-refractivity contribution in [1.82, 2.24) is 5.32 Å². The molecule has 1 heterocycles. The van der Waals surface area contributed by atoms with Gasteiger partial charge in [-0.3, -0.25) is 0 Å². The van der Waals surface area contributed by atoms with Crippen molar-refractivity contribution >= 4 is 20.9 Å². The Kier molecular flexibility index (Phi) is 2.21. The summed E-state index contributed by atoms with van der Waals surface area (Å²) < 4.78 is 3.92. The van der Waals surface area contributed by atoms with E-state index in [1.165, 1.54) is 11.4 Å². The summed E-state index contributed by atoms with van der Waals surface area (Å²) in [4.78, 5) is 0. The van der Waals surface area contributed by atoms with Crippen molar-refractivity contribution in [3.63, 3.8) is 0 Å². The van der Waals surface area contributed by atoms with Gasteiger partial charge >= 0.3 is 66.2 Å². The van der Waals surface area contributed by atoms with Crippen molar-refractivity contribution in [2.75, 3.05) is 0 Å². The molecule has 0 saturated heterocycles. The Balaban J connectivity index is 2.70. The van der Waals surface area contributed by atoms with E-state index in [-0.39, 0.29) is 20.9 Å². The number of hydrogen-bond donors (Lipinski definition) is 1. The van der Waals surface area contributed by atoms with Crippen molar-refractivity contribution in [3.05, 3.63) is 19.1 Å². The van der Waals surface area contributed by atoms with Crippen LogP contribution < -0.4 is 5.32 Å². The van der Waals surface area contributed by atoms with Gasteiger partial charge in [-0.15, -0.1) is 0 Å². The first kappa shape index (κ1) is 7.18. The molecular formula is C7H11NTe. The van der Waals surface area contributed by atoms with Crippen LogP contribution in [0.15, 0.2) is 19.1 Å². The summed E-state index contributed by atoms with van der Waals surface area (Å²) >= 11 is 0.0649. The molecule has 1 nitrogen and oxygen atoms in total. The Morgan fingerprint density at radius 1 is 1.33 bits per heavy atom. The van der Waals surface area contributed by atoms with Crippen LogP contribution in [0.2, 0.25) is 0 Å². The molecule has 0 aromatic rings. The van der Waals surface area contributed by atoms with Crippen LogP contribution in [0.4, 0.5) is 0 Å². The molecule has 0 saturated carbocycles. The maximum atomic E-state index is 3.30. The average molecular weight is 237 g/mol. The molecule has 0 aromatic carbocycles. The van der Waals surface area contributed by atoms with E-state index in [0.717, 1.165) is 0 Å². The molecule has 50 valence electrons.